The Morgan fingerprint density at radius 2 is 2.33 bits per heavy atom. The SMILES string of the molecule is CC(NC1CC(=O)NC1=O)c1nn[nH]n1. The average Bonchev–Trinajstić information content (AvgIpc) is 2.76. The maximum atomic E-state index is 11.2. The van der Waals surface area contributed by atoms with Crippen molar-refractivity contribution >= 4 is 11.8 Å². The Labute approximate surface area is 84.8 Å². The molecule has 0 saturated carbocycles. The molecule has 1 aromatic heterocycles. The molecule has 15 heavy (non-hydrogen) atoms. The third-order valence-electron chi connectivity index (χ3n) is 2.17. The topological polar surface area (TPSA) is 113 Å². The average molecular weight is 210 g/mol. The normalized spacial score (nSPS) is 22.9. The highest BCUT2D eigenvalue weighted by molar-refractivity contribution is 6.05. The highest BCUT2D eigenvalue weighted by atomic mass is 16.2. The van der Waals surface area contributed by atoms with Gasteiger partial charge in [-0.25, -0.2) is 0 Å². The van der Waals surface area contributed by atoms with Crippen LogP contribution in [0, 0.1) is 0 Å². The summed E-state index contributed by atoms with van der Waals surface area (Å²) in [6.07, 6.45) is 0.154. The van der Waals surface area contributed by atoms with Crippen LogP contribution in [0.15, 0.2) is 0 Å². The van der Waals surface area contributed by atoms with Gasteiger partial charge in [-0.2, -0.15) is 5.21 Å². The number of aromatic amines is 1. The molecular weight excluding hydrogens is 200 g/mol. The number of carbonyl (C=O) groups is 2. The van der Waals surface area contributed by atoms with E-state index in [9.17, 15) is 9.59 Å². The Morgan fingerprint density at radius 1 is 1.53 bits per heavy atom. The van der Waals surface area contributed by atoms with Crippen LogP contribution in [-0.2, 0) is 9.59 Å². The molecule has 0 aliphatic carbocycles. The minimum absolute atomic E-state index is 0.154. The molecule has 3 N–H and O–H groups in total. The summed E-state index contributed by atoms with van der Waals surface area (Å²) in [6, 6.07) is -0.739. The molecule has 2 heterocycles. The van der Waals surface area contributed by atoms with Crippen LogP contribution in [0.4, 0.5) is 0 Å². The number of amides is 2. The van der Waals surface area contributed by atoms with Crippen molar-refractivity contribution in [3.05, 3.63) is 5.82 Å². The second kappa shape index (κ2) is 3.73. The third-order valence-corrected chi connectivity index (χ3v) is 2.17. The van der Waals surface area contributed by atoms with Gasteiger partial charge in [0.1, 0.15) is 0 Å². The second-order valence-electron chi connectivity index (χ2n) is 3.33. The Bertz CT molecular complexity index is 375. The predicted molar refractivity (Wildman–Crippen MR) is 47.3 cm³/mol. The molecule has 0 aromatic carbocycles. The van der Waals surface area contributed by atoms with Crippen LogP contribution in [0.25, 0.3) is 0 Å². The summed E-state index contributed by atoms with van der Waals surface area (Å²) in [5.74, 6) is -0.115. The summed E-state index contributed by atoms with van der Waals surface area (Å²) in [6.45, 7) is 1.79. The molecule has 1 fully saturated rings. The van der Waals surface area contributed by atoms with Gasteiger partial charge in [0.15, 0.2) is 5.82 Å². The van der Waals surface area contributed by atoms with Crippen molar-refractivity contribution in [2.45, 2.75) is 25.4 Å². The number of tetrazole rings is 1. The van der Waals surface area contributed by atoms with E-state index in [-0.39, 0.29) is 24.3 Å². The van der Waals surface area contributed by atoms with Crippen LogP contribution < -0.4 is 10.6 Å². The van der Waals surface area contributed by atoms with Crippen LogP contribution in [0.3, 0.4) is 0 Å². The number of hydrogen-bond acceptors (Lipinski definition) is 6. The van der Waals surface area contributed by atoms with Crippen molar-refractivity contribution in [2.75, 3.05) is 0 Å². The Morgan fingerprint density at radius 3 is 2.87 bits per heavy atom. The molecule has 2 amide bonds. The van der Waals surface area contributed by atoms with E-state index in [1.54, 1.807) is 6.92 Å². The van der Waals surface area contributed by atoms with Crippen LogP contribution in [0.2, 0.25) is 0 Å². The standard InChI is InChI=1S/C7H10N6O2/c1-3(6-10-12-13-11-6)8-4-2-5(14)9-7(4)15/h3-4,8H,2H2,1H3,(H,9,14,15)(H,10,11,12,13). The summed E-state index contributed by atoms with van der Waals surface area (Å²) >= 11 is 0. The van der Waals surface area contributed by atoms with Crippen LogP contribution in [0.1, 0.15) is 25.2 Å². The van der Waals surface area contributed by atoms with E-state index in [0.29, 0.717) is 5.82 Å². The predicted octanol–water partition coefficient (Wildman–Crippen LogP) is -1.73. The first-order valence-electron chi connectivity index (χ1n) is 4.50. The molecule has 1 saturated heterocycles. The smallest absolute Gasteiger partial charge is 0.244 e. The minimum atomic E-state index is -0.508. The molecule has 1 aromatic rings. The Hall–Kier alpha value is -1.83. The van der Waals surface area contributed by atoms with Crippen molar-refractivity contribution in [2.24, 2.45) is 0 Å². The molecule has 1 aliphatic rings. The van der Waals surface area contributed by atoms with E-state index in [4.69, 9.17) is 0 Å². The maximum absolute atomic E-state index is 11.2. The van der Waals surface area contributed by atoms with E-state index in [1.807, 2.05) is 0 Å². The zero-order chi connectivity index (χ0) is 10.8. The second-order valence-corrected chi connectivity index (χ2v) is 3.33. The first-order chi connectivity index (χ1) is 7.16. The summed E-state index contributed by atoms with van der Waals surface area (Å²) < 4.78 is 0. The maximum Gasteiger partial charge on any atom is 0.244 e. The van der Waals surface area contributed by atoms with Crippen LogP contribution in [0.5, 0.6) is 0 Å². The summed E-state index contributed by atoms with van der Waals surface area (Å²) in [4.78, 5) is 22.1. The van der Waals surface area contributed by atoms with Gasteiger partial charge in [-0.3, -0.25) is 20.2 Å². The third kappa shape index (κ3) is 1.99. The lowest BCUT2D eigenvalue weighted by molar-refractivity contribution is -0.125. The fourth-order valence-electron chi connectivity index (χ4n) is 1.42. The molecule has 0 radical (unpaired) electrons. The fraction of sp³-hybridized carbons (Fsp3) is 0.571. The van der Waals surface area contributed by atoms with Gasteiger partial charge in [0, 0.05) is 0 Å². The number of nitrogens with zero attached hydrogens (tertiary/aromatic N) is 3. The summed E-state index contributed by atoms with van der Waals surface area (Å²) in [5, 5.41) is 18.4. The molecular formula is C7H10N6O2. The van der Waals surface area contributed by atoms with Gasteiger partial charge in [0.2, 0.25) is 11.8 Å². The van der Waals surface area contributed by atoms with Crippen LogP contribution in [-0.4, -0.2) is 38.5 Å². The number of H-pyrrole nitrogens is 1. The summed E-state index contributed by atoms with van der Waals surface area (Å²) in [5.41, 5.74) is 0. The molecule has 0 bridgehead atoms. The van der Waals surface area contributed by atoms with E-state index < -0.39 is 6.04 Å². The number of hydrogen-bond donors (Lipinski definition) is 3. The zero-order valence-electron chi connectivity index (χ0n) is 8.02. The molecule has 8 nitrogen and oxygen atoms in total. The fourth-order valence-corrected chi connectivity index (χ4v) is 1.42. The van der Waals surface area contributed by atoms with Gasteiger partial charge < -0.3 is 0 Å². The molecule has 2 rings (SSSR count). The molecule has 8 heteroatoms. The molecule has 1 aliphatic heterocycles. The molecule has 80 valence electrons. The lowest BCUT2D eigenvalue weighted by Crippen LogP contribution is -2.38. The lowest BCUT2D eigenvalue weighted by Gasteiger charge is -2.13. The van der Waals surface area contributed by atoms with Gasteiger partial charge in [0.25, 0.3) is 0 Å². The van der Waals surface area contributed by atoms with Gasteiger partial charge in [-0.05, 0) is 6.92 Å². The highest BCUT2D eigenvalue weighted by Crippen LogP contribution is 2.09. The molecule has 2 atom stereocenters. The van der Waals surface area contributed by atoms with Gasteiger partial charge >= 0.3 is 0 Å². The number of imide groups is 1. The number of aromatic nitrogens is 4. The van der Waals surface area contributed by atoms with Gasteiger partial charge in [-0.15, -0.1) is 10.2 Å². The van der Waals surface area contributed by atoms with Crippen molar-refractivity contribution < 1.29 is 9.59 Å². The van der Waals surface area contributed by atoms with E-state index in [1.165, 1.54) is 0 Å². The number of carbonyl (C=O) groups excluding carboxylic acids is 2. The van der Waals surface area contributed by atoms with Gasteiger partial charge in [-0.1, -0.05) is 5.21 Å². The largest absolute Gasteiger partial charge is 0.296 e. The molecule has 2 unspecified atom stereocenters. The van der Waals surface area contributed by atoms with Gasteiger partial charge in [0.05, 0.1) is 18.5 Å². The lowest BCUT2D eigenvalue weighted by atomic mass is 10.2. The number of nitrogens with one attached hydrogen (secondary N) is 3. The highest BCUT2D eigenvalue weighted by Gasteiger charge is 2.31. The van der Waals surface area contributed by atoms with E-state index >= 15 is 0 Å². The summed E-state index contributed by atoms with van der Waals surface area (Å²) in [7, 11) is 0. The molecule has 0 spiro atoms. The van der Waals surface area contributed by atoms with E-state index in [0.717, 1.165) is 0 Å². The number of rotatable bonds is 3. The van der Waals surface area contributed by atoms with E-state index in [2.05, 4.69) is 31.3 Å². The van der Waals surface area contributed by atoms with Crippen molar-refractivity contribution in [1.82, 2.24) is 31.3 Å². The Kier molecular flexibility index (Phi) is 2.42. The quantitative estimate of drug-likeness (QED) is 0.511. The monoisotopic (exact) mass is 210 g/mol. The Balaban J connectivity index is 1.98. The van der Waals surface area contributed by atoms with Crippen molar-refractivity contribution in [3.63, 3.8) is 0 Å². The van der Waals surface area contributed by atoms with Crippen molar-refractivity contribution in [3.8, 4) is 0 Å². The van der Waals surface area contributed by atoms with Crippen molar-refractivity contribution in [1.29, 1.82) is 0 Å². The first kappa shape index (κ1) is 9.71. The van der Waals surface area contributed by atoms with Crippen LogP contribution >= 0.6 is 0 Å². The zero-order valence-corrected chi connectivity index (χ0v) is 8.02. The minimum Gasteiger partial charge on any atom is -0.296 e. The first-order valence-corrected chi connectivity index (χ1v) is 4.50.